The zero-order chi connectivity index (χ0) is 17.4. The summed E-state index contributed by atoms with van der Waals surface area (Å²) in [7, 11) is 0. The van der Waals surface area contributed by atoms with Crippen LogP contribution in [0.15, 0.2) is 40.9 Å². The molecule has 1 fully saturated rings. The molecular formula is C19H19N3O3. The van der Waals surface area contributed by atoms with Gasteiger partial charge in [0, 0.05) is 29.4 Å². The van der Waals surface area contributed by atoms with Gasteiger partial charge in [-0.3, -0.25) is 4.79 Å². The zero-order valence-corrected chi connectivity index (χ0v) is 14.2. The highest BCUT2D eigenvalue weighted by molar-refractivity contribution is 5.97. The first-order valence-corrected chi connectivity index (χ1v) is 8.31. The molecule has 1 aliphatic heterocycles. The van der Waals surface area contributed by atoms with Crippen LogP contribution in [-0.4, -0.2) is 40.5 Å². The highest BCUT2D eigenvalue weighted by atomic mass is 16.5. The van der Waals surface area contributed by atoms with Crippen LogP contribution in [0.5, 0.6) is 0 Å². The number of aromatic nitrogens is 2. The van der Waals surface area contributed by atoms with Crippen LogP contribution in [0.2, 0.25) is 0 Å². The van der Waals surface area contributed by atoms with Gasteiger partial charge in [0.1, 0.15) is 17.4 Å². The number of rotatable bonds is 2. The summed E-state index contributed by atoms with van der Waals surface area (Å²) in [5.74, 6) is 1.45. The van der Waals surface area contributed by atoms with Crippen molar-refractivity contribution in [1.82, 2.24) is 14.9 Å². The second-order valence-corrected chi connectivity index (χ2v) is 6.28. The van der Waals surface area contributed by atoms with E-state index in [1.54, 1.807) is 17.2 Å². The average Bonchev–Trinajstić information content (AvgIpc) is 3.00. The lowest BCUT2D eigenvalue weighted by molar-refractivity contribution is -0.0268. The third-order valence-corrected chi connectivity index (χ3v) is 4.34. The molecule has 0 aliphatic carbocycles. The molecule has 1 atom stereocenters. The summed E-state index contributed by atoms with van der Waals surface area (Å²) in [6.45, 7) is 5.30. The van der Waals surface area contributed by atoms with E-state index < -0.39 is 0 Å². The molecule has 128 valence electrons. The Balaban J connectivity index is 1.56. The van der Waals surface area contributed by atoms with Crippen molar-refractivity contribution < 1.29 is 13.9 Å². The molecule has 1 amide bonds. The molecule has 6 nitrogen and oxygen atoms in total. The van der Waals surface area contributed by atoms with Crippen LogP contribution in [0.4, 0.5) is 0 Å². The first-order chi connectivity index (χ1) is 12.1. The maximum atomic E-state index is 12.9. The summed E-state index contributed by atoms with van der Waals surface area (Å²) in [6, 6.07) is 9.31. The highest BCUT2D eigenvalue weighted by Crippen LogP contribution is 2.24. The molecule has 0 unspecified atom stereocenters. The number of benzene rings is 1. The van der Waals surface area contributed by atoms with Gasteiger partial charge in [0.25, 0.3) is 5.91 Å². The number of nitrogens with zero attached hydrogens (tertiary/aromatic N) is 3. The molecule has 1 saturated heterocycles. The van der Waals surface area contributed by atoms with E-state index in [2.05, 4.69) is 9.97 Å². The topological polar surface area (TPSA) is 68.5 Å². The van der Waals surface area contributed by atoms with Gasteiger partial charge in [0.15, 0.2) is 5.82 Å². The van der Waals surface area contributed by atoms with Gasteiger partial charge in [-0.05, 0) is 44.2 Å². The van der Waals surface area contributed by atoms with E-state index in [9.17, 15) is 4.79 Å². The van der Waals surface area contributed by atoms with Crippen molar-refractivity contribution in [3.8, 4) is 0 Å². The molecule has 0 bridgehead atoms. The SMILES string of the molecule is Cc1ccnc([C@@H]2CN(C(=O)c3ccc4oc(C)cc4c3)CCO2)n1. The van der Waals surface area contributed by atoms with Gasteiger partial charge in [-0.1, -0.05) is 0 Å². The lowest BCUT2D eigenvalue weighted by atomic mass is 10.1. The second-order valence-electron chi connectivity index (χ2n) is 6.28. The number of fused-ring (bicyclic) bond motifs is 1. The molecule has 25 heavy (non-hydrogen) atoms. The summed E-state index contributed by atoms with van der Waals surface area (Å²) >= 11 is 0. The molecular weight excluding hydrogens is 318 g/mol. The number of carbonyl (C=O) groups is 1. The third kappa shape index (κ3) is 3.13. The Hall–Kier alpha value is -2.73. The quantitative estimate of drug-likeness (QED) is 0.719. The molecule has 3 heterocycles. The molecule has 0 N–H and O–H groups in total. The Morgan fingerprint density at radius 1 is 1.24 bits per heavy atom. The van der Waals surface area contributed by atoms with Crippen molar-refractivity contribution >= 4 is 16.9 Å². The van der Waals surface area contributed by atoms with E-state index in [-0.39, 0.29) is 12.0 Å². The summed E-state index contributed by atoms with van der Waals surface area (Å²) in [4.78, 5) is 23.4. The Morgan fingerprint density at radius 2 is 2.12 bits per heavy atom. The molecule has 3 aromatic rings. The third-order valence-electron chi connectivity index (χ3n) is 4.34. The lowest BCUT2D eigenvalue weighted by Gasteiger charge is -2.32. The normalized spacial score (nSPS) is 17.8. The van der Waals surface area contributed by atoms with Crippen LogP contribution >= 0.6 is 0 Å². The highest BCUT2D eigenvalue weighted by Gasteiger charge is 2.28. The Labute approximate surface area is 145 Å². The maximum Gasteiger partial charge on any atom is 0.254 e. The van der Waals surface area contributed by atoms with Crippen molar-refractivity contribution in [1.29, 1.82) is 0 Å². The molecule has 0 spiro atoms. The lowest BCUT2D eigenvalue weighted by Crippen LogP contribution is -2.42. The first-order valence-electron chi connectivity index (χ1n) is 8.31. The molecule has 0 saturated carbocycles. The number of furan rings is 1. The second kappa shape index (κ2) is 6.29. The predicted molar refractivity (Wildman–Crippen MR) is 92.3 cm³/mol. The Kier molecular flexibility index (Phi) is 3.97. The fourth-order valence-corrected chi connectivity index (χ4v) is 3.11. The van der Waals surface area contributed by atoms with Gasteiger partial charge in [-0.2, -0.15) is 0 Å². The van der Waals surface area contributed by atoms with E-state index in [1.807, 2.05) is 38.1 Å². The standard InChI is InChI=1S/C19H19N3O3/c1-12-5-6-20-18(21-12)17-11-22(7-8-24-17)19(23)14-3-4-16-15(10-14)9-13(2)25-16/h3-6,9-10,17H,7-8,11H2,1-2H3/t17-/m0/s1. The van der Waals surface area contributed by atoms with Gasteiger partial charge < -0.3 is 14.1 Å². The number of aryl methyl sites for hydroxylation is 2. The number of carbonyl (C=O) groups excluding carboxylic acids is 1. The summed E-state index contributed by atoms with van der Waals surface area (Å²) in [6.07, 6.45) is 1.43. The van der Waals surface area contributed by atoms with E-state index in [1.165, 1.54) is 0 Å². The fraction of sp³-hybridized carbons (Fsp3) is 0.316. The van der Waals surface area contributed by atoms with Crippen molar-refractivity contribution in [2.75, 3.05) is 19.7 Å². The van der Waals surface area contributed by atoms with Crippen molar-refractivity contribution in [3.63, 3.8) is 0 Å². The monoisotopic (exact) mass is 337 g/mol. The minimum atomic E-state index is -0.294. The van der Waals surface area contributed by atoms with E-state index in [0.29, 0.717) is 31.1 Å². The molecule has 1 aliphatic rings. The minimum Gasteiger partial charge on any atom is -0.461 e. The van der Waals surface area contributed by atoms with Gasteiger partial charge in [-0.15, -0.1) is 0 Å². The van der Waals surface area contributed by atoms with Gasteiger partial charge in [0.2, 0.25) is 0 Å². The number of hydrogen-bond acceptors (Lipinski definition) is 5. The molecule has 6 heteroatoms. The van der Waals surface area contributed by atoms with Crippen molar-refractivity contribution in [2.24, 2.45) is 0 Å². The van der Waals surface area contributed by atoms with E-state index >= 15 is 0 Å². The van der Waals surface area contributed by atoms with Crippen LogP contribution < -0.4 is 0 Å². The Bertz CT molecular complexity index is 935. The predicted octanol–water partition coefficient (Wildman–Crippen LogP) is 3.05. The fourth-order valence-electron chi connectivity index (χ4n) is 3.11. The van der Waals surface area contributed by atoms with Crippen molar-refractivity contribution in [3.05, 3.63) is 59.4 Å². The van der Waals surface area contributed by atoms with Crippen LogP contribution in [0, 0.1) is 13.8 Å². The Morgan fingerprint density at radius 3 is 2.96 bits per heavy atom. The number of hydrogen-bond donors (Lipinski definition) is 0. The summed E-state index contributed by atoms with van der Waals surface area (Å²) < 4.78 is 11.3. The van der Waals surface area contributed by atoms with Gasteiger partial charge in [0.05, 0.1) is 13.2 Å². The van der Waals surface area contributed by atoms with Crippen molar-refractivity contribution in [2.45, 2.75) is 20.0 Å². The number of amides is 1. The number of morpholine rings is 1. The summed E-state index contributed by atoms with van der Waals surface area (Å²) in [5.41, 5.74) is 2.33. The smallest absolute Gasteiger partial charge is 0.254 e. The van der Waals surface area contributed by atoms with E-state index in [0.717, 1.165) is 22.4 Å². The van der Waals surface area contributed by atoms with Gasteiger partial charge in [-0.25, -0.2) is 9.97 Å². The average molecular weight is 337 g/mol. The number of ether oxygens (including phenoxy) is 1. The summed E-state index contributed by atoms with van der Waals surface area (Å²) in [5, 5.41) is 0.940. The van der Waals surface area contributed by atoms with Gasteiger partial charge >= 0.3 is 0 Å². The minimum absolute atomic E-state index is 0.0123. The maximum absolute atomic E-state index is 12.9. The van der Waals surface area contributed by atoms with Crippen LogP contribution in [0.1, 0.15) is 33.7 Å². The zero-order valence-electron chi connectivity index (χ0n) is 14.2. The van der Waals surface area contributed by atoms with Crippen LogP contribution in [0.3, 0.4) is 0 Å². The molecule has 4 rings (SSSR count). The van der Waals surface area contributed by atoms with E-state index in [4.69, 9.17) is 9.15 Å². The molecule has 1 aromatic carbocycles. The molecule has 2 aromatic heterocycles. The largest absolute Gasteiger partial charge is 0.461 e. The van der Waals surface area contributed by atoms with Crippen LogP contribution in [0.25, 0.3) is 11.0 Å². The molecule has 0 radical (unpaired) electrons. The first kappa shape index (κ1) is 15.8. The van der Waals surface area contributed by atoms with Crippen LogP contribution in [-0.2, 0) is 4.74 Å².